The largest absolute Gasteiger partial charge is 0.826 e. The third-order valence-corrected chi connectivity index (χ3v) is 7.17. The van der Waals surface area contributed by atoms with Crippen molar-refractivity contribution in [2.75, 3.05) is 11.8 Å². The highest BCUT2D eigenvalue weighted by atomic mass is 35.5. The van der Waals surface area contributed by atoms with E-state index in [9.17, 15) is 25.5 Å². The molecular weight excluding hydrogens is 399 g/mol. The molecule has 0 aromatic heterocycles. The molecule has 1 saturated heterocycles. The van der Waals surface area contributed by atoms with Crippen molar-refractivity contribution in [1.29, 1.82) is 0 Å². The van der Waals surface area contributed by atoms with Crippen molar-refractivity contribution in [3.63, 3.8) is 0 Å². The van der Waals surface area contributed by atoms with Gasteiger partial charge in [-0.2, -0.15) is 0 Å². The molecule has 7 unspecified atom stereocenters. The lowest BCUT2D eigenvalue weighted by molar-refractivity contribution is -0.588. The first-order valence-electron chi connectivity index (χ1n) is 8.21. The number of aliphatic hydroxyl groups is 4. The zero-order valence-corrected chi connectivity index (χ0v) is 15.8. The van der Waals surface area contributed by atoms with Gasteiger partial charge in [-0.25, -0.2) is 0 Å². The molecule has 3 aliphatic rings. The molecule has 10 atom stereocenters. The van der Waals surface area contributed by atoms with Gasteiger partial charge < -0.3 is 35.0 Å². The molecule has 0 radical (unpaired) electrons. The summed E-state index contributed by atoms with van der Waals surface area (Å²) in [5, 5.41) is 53.9. The Kier molecular flexibility index (Phi) is 5.35. The van der Waals surface area contributed by atoms with Crippen molar-refractivity contribution in [3.05, 3.63) is 0 Å². The van der Waals surface area contributed by atoms with Crippen LogP contribution >= 0.6 is 34.8 Å². The molecule has 25 heavy (non-hydrogen) atoms. The maximum atomic E-state index is 12.9. The van der Waals surface area contributed by atoms with Gasteiger partial charge in [-0.1, -0.05) is 6.92 Å². The second-order valence-corrected chi connectivity index (χ2v) is 8.43. The van der Waals surface area contributed by atoms with Gasteiger partial charge in [-0.15, -0.1) is 34.8 Å². The Morgan fingerprint density at radius 1 is 1.40 bits per heavy atom. The van der Waals surface area contributed by atoms with Gasteiger partial charge in [-0.05, 0) is 12.8 Å². The van der Waals surface area contributed by atoms with Crippen LogP contribution in [0.4, 0.5) is 0 Å². The Bertz CT molecular complexity index is 523. The highest BCUT2D eigenvalue weighted by molar-refractivity contribution is 6.27. The smallest absolute Gasteiger partial charge is 0.183 e. The summed E-state index contributed by atoms with van der Waals surface area (Å²) in [4.78, 5) is -1.11. The third-order valence-electron chi connectivity index (χ3n) is 5.70. The quantitative estimate of drug-likeness (QED) is 0.311. The maximum Gasteiger partial charge on any atom is 0.183 e. The van der Waals surface area contributed by atoms with Crippen LogP contribution in [0.3, 0.4) is 0 Å². The molecule has 10 heteroatoms. The average molecular weight is 421 g/mol. The second-order valence-electron chi connectivity index (χ2n) is 7.20. The topological polar surface area (TPSA) is 122 Å². The van der Waals surface area contributed by atoms with Crippen LogP contribution in [0.1, 0.15) is 19.8 Å². The predicted octanol–water partition coefficient (Wildman–Crippen LogP) is -0.887. The van der Waals surface area contributed by atoms with Crippen molar-refractivity contribution in [1.82, 2.24) is 0 Å². The Balaban J connectivity index is 1.75. The second kappa shape index (κ2) is 6.58. The van der Waals surface area contributed by atoms with Gasteiger partial charge in [-0.3, -0.25) is 0 Å². The Morgan fingerprint density at radius 3 is 2.52 bits per heavy atom. The van der Waals surface area contributed by atoms with E-state index >= 15 is 0 Å². The maximum absolute atomic E-state index is 12.9. The summed E-state index contributed by atoms with van der Waals surface area (Å²) in [5.41, 5.74) is -1.68. The summed E-state index contributed by atoms with van der Waals surface area (Å²) >= 11 is 17.7. The Labute approximate surface area is 160 Å². The summed E-state index contributed by atoms with van der Waals surface area (Å²) in [5.74, 6) is -4.38. The van der Waals surface area contributed by atoms with Crippen LogP contribution in [0, 0.1) is 11.8 Å². The van der Waals surface area contributed by atoms with Crippen molar-refractivity contribution < 1.29 is 35.0 Å². The molecule has 0 aromatic carbocycles. The molecule has 3 fully saturated rings. The molecule has 2 aliphatic carbocycles. The molecule has 2 saturated carbocycles. The molecular formula is C15H22Cl3O7-. The summed E-state index contributed by atoms with van der Waals surface area (Å²) in [6, 6.07) is 0. The third kappa shape index (κ3) is 2.92. The molecule has 146 valence electrons. The highest BCUT2D eigenvalue weighted by Gasteiger charge is 2.75. The van der Waals surface area contributed by atoms with Crippen molar-refractivity contribution in [2.45, 2.75) is 66.7 Å². The molecule has 3 rings (SSSR count). The molecule has 0 amide bonds. The zero-order chi connectivity index (χ0) is 18.8. The fraction of sp³-hybridized carbons (Fsp3) is 1.00. The number of fused-ring (bicyclic) bond motifs is 1. The van der Waals surface area contributed by atoms with E-state index in [1.165, 1.54) is 0 Å². The summed E-state index contributed by atoms with van der Waals surface area (Å²) in [6.07, 6.45) is -5.70. The monoisotopic (exact) mass is 419 g/mol. The fourth-order valence-electron chi connectivity index (χ4n) is 3.87. The summed E-state index contributed by atoms with van der Waals surface area (Å²) in [7, 11) is 0. The van der Waals surface area contributed by atoms with Crippen LogP contribution in [0.25, 0.3) is 0 Å². The minimum Gasteiger partial charge on any atom is -0.826 e. The van der Waals surface area contributed by atoms with Gasteiger partial charge in [0, 0.05) is 29.4 Å². The molecule has 1 heterocycles. The van der Waals surface area contributed by atoms with E-state index in [0.717, 1.165) is 0 Å². The number of hydrogen-bond acceptors (Lipinski definition) is 7. The van der Waals surface area contributed by atoms with Gasteiger partial charge >= 0.3 is 0 Å². The summed E-state index contributed by atoms with van der Waals surface area (Å²) < 4.78 is 10.9. The van der Waals surface area contributed by atoms with Gasteiger partial charge in [0.2, 0.25) is 0 Å². The first-order chi connectivity index (χ1) is 11.6. The number of aliphatic hydroxyl groups excluding tert-OH is 3. The lowest BCUT2D eigenvalue weighted by atomic mass is 10.0. The molecule has 1 aliphatic heterocycles. The number of hydrogen-bond donors (Lipinski definition) is 4. The van der Waals surface area contributed by atoms with E-state index in [-0.39, 0.29) is 12.3 Å². The van der Waals surface area contributed by atoms with Gasteiger partial charge in [0.15, 0.2) is 6.29 Å². The summed E-state index contributed by atoms with van der Waals surface area (Å²) in [6.45, 7) is 1.78. The van der Waals surface area contributed by atoms with Gasteiger partial charge in [0.05, 0.1) is 23.9 Å². The van der Waals surface area contributed by atoms with Gasteiger partial charge in [0.1, 0.15) is 11.0 Å². The van der Waals surface area contributed by atoms with Crippen LogP contribution in [0.15, 0.2) is 0 Å². The minimum atomic E-state index is -2.62. The number of rotatable bonds is 7. The number of halogens is 3. The van der Waals surface area contributed by atoms with Crippen LogP contribution in [0.5, 0.6) is 0 Å². The van der Waals surface area contributed by atoms with E-state index in [4.69, 9.17) is 44.3 Å². The minimum absolute atomic E-state index is 0.0788. The van der Waals surface area contributed by atoms with Crippen molar-refractivity contribution >= 4 is 34.8 Å². The first-order valence-corrected chi connectivity index (χ1v) is 9.66. The van der Waals surface area contributed by atoms with E-state index in [2.05, 4.69) is 0 Å². The molecule has 0 spiro atoms. The van der Waals surface area contributed by atoms with E-state index in [0.29, 0.717) is 6.42 Å². The van der Waals surface area contributed by atoms with E-state index in [1.54, 1.807) is 6.92 Å². The molecule has 4 N–H and O–H groups in total. The van der Waals surface area contributed by atoms with E-state index in [1.807, 2.05) is 0 Å². The number of ether oxygens (including phenoxy) is 2. The first kappa shape index (κ1) is 20.3. The van der Waals surface area contributed by atoms with Gasteiger partial charge in [0.25, 0.3) is 0 Å². The number of alkyl halides is 3. The van der Waals surface area contributed by atoms with E-state index < -0.39 is 64.7 Å². The zero-order valence-electron chi connectivity index (χ0n) is 13.5. The average Bonchev–Trinajstić information content (AvgIpc) is 3.43. The van der Waals surface area contributed by atoms with Crippen LogP contribution in [0.2, 0.25) is 0 Å². The predicted molar refractivity (Wildman–Crippen MR) is 87.4 cm³/mol. The lowest BCUT2D eigenvalue weighted by Gasteiger charge is -2.49. The van der Waals surface area contributed by atoms with Crippen LogP contribution < -0.4 is 5.11 Å². The standard InChI is InChI=1S/C15H22Cl3O7/c1-2-7-15(18)8(10(15)20)9(19)11(24-7)25-14(23,5-17)12(21)13(22)3-6(13)4-16/h6-12,19-22H,2-5H2,1H3/q-1/t6-,7?,8?,9?,10?,11-,12?,13?,14+,15?/m1/s1. The van der Waals surface area contributed by atoms with Crippen molar-refractivity contribution in [3.8, 4) is 0 Å². The van der Waals surface area contributed by atoms with Crippen molar-refractivity contribution in [2.24, 2.45) is 11.8 Å². The van der Waals surface area contributed by atoms with Crippen LogP contribution in [-0.2, 0) is 9.47 Å². The molecule has 0 aromatic rings. The molecule has 0 bridgehead atoms. The Morgan fingerprint density at radius 2 is 2.04 bits per heavy atom. The Hall–Kier alpha value is 0.590. The lowest BCUT2D eigenvalue weighted by Crippen LogP contribution is -2.66. The molecule has 7 nitrogen and oxygen atoms in total. The highest BCUT2D eigenvalue weighted by Crippen LogP contribution is 2.60. The fourth-order valence-corrected chi connectivity index (χ4v) is 4.98. The van der Waals surface area contributed by atoms with Crippen LogP contribution in [-0.4, -0.2) is 79.2 Å². The normalized spacial score (nSPS) is 52.2. The SMILES string of the molecule is CCC1O[C@H](O[C@@]([O-])(CCl)C(O)C2(O)C[C@@H]2CCl)C(O)C2C(O)C12Cl.